The molecule has 1 amide bonds. The van der Waals surface area contributed by atoms with Crippen LogP contribution in [0.1, 0.15) is 34.3 Å². The normalized spacial score (nSPS) is 14.3. The van der Waals surface area contributed by atoms with Crippen LogP contribution in [0, 0.1) is 11.6 Å². The van der Waals surface area contributed by atoms with Crippen molar-refractivity contribution < 1.29 is 33.0 Å². The van der Waals surface area contributed by atoms with Crippen LogP contribution in [-0.4, -0.2) is 41.2 Å². The van der Waals surface area contributed by atoms with E-state index < -0.39 is 23.5 Å². The Morgan fingerprint density at radius 3 is 2.56 bits per heavy atom. The first-order valence-corrected chi connectivity index (χ1v) is 14.0. The quantitative estimate of drug-likeness (QED) is 0.173. The summed E-state index contributed by atoms with van der Waals surface area (Å²) in [5.74, 6) is -2.43. The van der Waals surface area contributed by atoms with E-state index in [2.05, 4.69) is 15.6 Å². The minimum absolute atomic E-state index is 0.00197. The molecule has 0 spiro atoms. The smallest absolute Gasteiger partial charge is 0.335 e. The van der Waals surface area contributed by atoms with Crippen LogP contribution in [0.4, 0.5) is 20.2 Å². The van der Waals surface area contributed by atoms with Gasteiger partial charge in [0, 0.05) is 35.4 Å². The van der Waals surface area contributed by atoms with Gasteiger partial charge in [-0.25, -0.2) is 18.6 Å². The molecule has 0 unspecified atom stereocenters. The van der Waals surface area contributed by atoms with Crippen molar-refractivity contribution in [2.45, 2.75) is 32.0 Å². The molecule has 1 aromatic heterocycles. The molecule has 43 heavy (non-hydrogen) atoms. The maximum absolute atomic E-state index is 15.1. The molecule has 1 saturated heterocycles. The lowest BCUT2D eigenvalue weighted by Gasteiger charge is -2.17. The number of benzene rings is 3. The molecule has 1 aliphatic heterocycles. The van der Waals surface area contributed by atoms with Gasteiger partial charge < -0.3 is 25.2 Å². The van der Waals surface area contributed by atoms with Gasteiger partial charge in [-0.3, -0.25) is 4.79 Å². The Bertz CT molecular complexity index is 1650. The summed E-state index contributed by atoms with van der Waals surface area (Å²) in [5, 5.41) is 15.6. The lowest BCUT2D eigenvalue weighted by molar-refractivity contribution is -0.115. The number of aromatic nitrogens is 1. The molecule has 0 saturated carbocycles. The van der Waals surface area contributed by atoms with Gasteiger partial charge in [-0.15, -0.1) is 0 Å². The number of nitrogens with zero attached hydrogens (tertiary/aromatic N) is 1. The van der Waals surface area contributed by atoms with Crippen molar-refractivity contribution in [3.63, 3.8) is 0 Å². The molecule has 1 fully saturated rings. The van der Waals surface area contributed by atoms with Gasteiger partial charge in [-0.2, -0.15) is 0 Å². The van der Waals surface area contributed by atoms with E-state index in [0.29, 0.717) is 41.3 Å². The number of aromatic carboxylic acids is 1. The molecule has 3 N–H and O–H groups in total. The molecule has 11 heteroatoms. The van der Waals surface area contributed by atoms with Crippen LogP contribution in [0.3, 0.4) is 0 Å². The van der Waals surface area contributed by atoms with Gasteiger partial charge >= 0.3 is 5.97 Å². The second-order valence-corrected chi connectivity index (χ2v) is 10.4. The second kappa shape index (κ2) is 13.6. The van der Waals surface area contributed by atoms with E-state index in [1.165, 1.54) is 42.5 Å². The van der Waals surface area contributed by atoms with Crippen LogP contribution in [0.2, 0.25) is 5.02 Å². The fourth-order valence-electron chi connectivity index (χ4n) is 4.63. The van der Waals surface area contributed by atoms with E-state index in [-0.39, 0.29) is 41.2 Å². The van der Waals surface area contributed by atoms with Gasteiger partial charge in [0.1, 0.15) is 18.2 Å². The average molecular weight is 608 g/mol. The van der Waals surface area contributed by atoms with Crippen LogP contribution in [-0.2, 0) is 22.6 Å². The van der Waals surface area contributed by atoms with Gasteiger partial charge in [-0.1, -0.05) is 35.9 Å². The van der Waals surface area contributed by atoms with Crippen molar-refractivity contribution in [2.24, 2.45) is 0 Å². The summed E-state index contributed by atoms with van der Waals surface area (Å²) in [6.45, 7) is 1.07. The lowest BCUT2D eigenvalue weighted by Crippen LogP contribution is -2.21. The number of hydrogen-bond acceptors (Lipinski definition) is 6. The summed E-state index contributed by atoms with van der Waals surface area (Å²) in [6.07, 6.45) is 1.59. The number of halogens is 3. The van der Waals surface area contributed by atoms with Crippen LogP contribution >= 0.6 is 11.6 Å². The monoisotopic (exact) mass is 607 g/mol. The molecular weight excluding hydrogens is 580 g/mol. The van der Waals surface area contributed by atoms with Crippen LogP contribution in [0.15, 0.2) is 72.8 Å². The highest BCUT2D eigenvalue weighted by atomic mass is 35.5. The topological polar surface area (TPSA) is 110 Å². The minimum Gasteiger partial charge on any atom is -0.478 e. The molecule has 222 valence electrons. The number of carboxylic acid groups (broad SMARTS) is 1. The van der Waals surface area contributed by atoms with Gasteiger partial charge in [0.2, 0.25) is 11.8 Å². The zero-order valence-corrected chi connectivity index (χ0v) is 23.7. The molecule has 0 radical (unpaired) electrons. The predicted molar refractivity (Wildman–Crippen MR) is 159 cm³/mol. The van der Waals surface area contributed by atoms with Crippen molar-refractivity contribution in [3.8, 4) is 17.1 Å². The van der Waals surface area contributed by atoms with E-state index in [0.717, 1.165) is 12.8 Å². The summed E-state index contributed by atoms with van der Waals surface area (Å²) < 4.78 is 40.4. The molecule has 4 aromatic rings. The first-order valence-electron chi connectivity index (χ1n) is 13.6. The number of carboxylic acids is 1. The summed E-state index contributed by atoms with van der Waals surface area (Å²) >= 11 is 5.79. The average Bonchev–Trinajstić information content (AvgIpc) is 3.51. The molecule has 0 bridgehead atoms. The maximum atomic E-state index is 15.1. The predicted octanol–water partition coefficient (Wildman–Crippen LogP) is 6.73. The summed E-state index contributed by atoms with van der Waals surface area (Å²) in [5.41, 5.74) is 2.27. The van der Waals surface area contributed by atoms with Crippen molar-refractivity contribution >= 4 is 34.9 Å². The number of pyridine rings is 1. The molecule has 1 aliphatic rings. The summed E-state index contributed by atoms with van der Waals surface area (Å²) in [7, 11) is 0. The van der Waals surface area contributed by atoms with Gasteiger partial charge in [-0.05, 0) is 60.9 Å². The van der Waals surface area contributed by atoms with E-state index in [1.807, 2.05) is 0 Å². The van der Waals surface area contributed by atoms with Crippen molar-refractivity contribution in [3.05, 3.63) is 106 Å². The number of nitrogens with one attached hydrogen (secondary N) is 2. The van der Waals surface area contributed by atoms with Crippen LogP contribution < -0.4 is 15.4 Å². The van der Waals surface area contributed by atoms with Crippen LogP contribution in [0.5, 0.6) is 5.88 Å². The highest BCUT2D eigenvalue weighted by molar-refractivity contribution is 6.30. The first kappa shape index (κ1) is 29.9. The number of ether oxygens (including phenoxy) is 2. The molecule has 3 aromatic carbocycles. The van der Waals surface area contributed by atoms with Crippen LogP contribution in [0.25, 0.3) is 11.3 Å². The fourth-order valence-corrected chi connectivity index (χ4v) is 4.78. The number of carbonyl (C=O) groups is 2. The zero-order chi connectivity index (χ0) is 30.3. The number of carbonyl (C=O) groups excluding carboxylic acids is 1. The van der Waals surface area contributed by atoms with Crippen molar-refractivity contribution in [2.75, 3.05) is 23.8 Å². The highest BCUT2D eigenvalue weighted by Gasteiger charge is 2.18. The Morgan fingerprint density at radius 2 is 1.81 bits per heavy atom. The maximum Gasteiger partial charge on any atom is 0.335 e. The van der Waals surface area contributed by atoms with Crippen molar-refractivity contribution in [1.82, 2.24) is 4.98 Å². The molecule has 8 nitrogen and oxygen atoms in total. The van der Waals surface area contributed by atoms with Gasteiger partial charge in [0.05, 0.1) is 35.2 Å². The fraction of sp³-hybridized carbons (Fsp3) is 0.219. The molecule has 1 atom stereocenters. The zero-order valence-electron chi connectivity index (χ0n) is 22.9. The number of amides is 1. The largest absolute Gasteiger partial charge is 0.478 e. The Hall–Kier alpha value is -4.54. The lowest BCUT2D eigenvalue weighted by atomic mass is 10.0. The third-order valence-corrected chi connectivity index (χ3v) is 7.13. The third-order valence-electron chi connectivity index (χ3n) is 6.90. The van der Waals surface area contributed by atoms with E-state index in [1.54, 1.807) is 30.3 Å². The van der Waals surface area contributed by atoms with Gasteiger partial charge in [0.25, 0.3) is 0 Å². The third kappa shape index (κ3) is 7.85. The second-order valence-electron chi connectivity index (χ2n) is 10.00. The summed E-state index contributed by atoms with van der Waals surface area (Å²) in [6, 6.07) is 18.0. The van der Waals surface area contributed by atoms with E-state index in [4.69, 9.17) is 21.1 Å². The summed E-state index contributed by atoms with van der Waals surface area (Å²) in [4.78, 5) is 28.8. The van der Waals surface area contributed by atoms with Crippen molar-refractivity contribution in [1.29, 1.82) is 0 Å². The number of hydrogen-bond donors (Lipinski definition) is 3. The first-order chi connectivity index (χ1) is 20.7. The highest BCUT2D eigenvalue weighted by Crippen LogP contribution is 2.27. The molecular formula is C32H28ClF2N3O5. The molecule has 0 aliphatic carbocycles. The van der Waals surface area contributed by atoms with Gasteiger partial charge in [0.15, 0.2) is 0 Å². The number of rotatable bonds is 11. The molecule has 2 heterocycles. The Labute approximate surface area is 251 Å². The molecule has 5 rings (SSSR count). The van der Waals surface area contributed by atoms with E-state index in [9.17, 15) is 19.1 Å². The SMILES string of the molecule is O=C(Cc1ccc(-c2cccc(OCc3ccc(Cl)cc3F)n2)cc1F)Nc1ccc(C(=O)O)cc1NC[C@@H]1CCCO1. The Kier molecular flexibility index (Phi) is 9.48. The minimum atomic E-state index is -1.10. The number of anilines is 2. The Morgan fingerprint density at radius 1 is 1.00 bits per heavy atom. The Balaban J connectivity index is 1.24. The van der Waals surface area contributed by atoms with E-state index >= 15 is 4.39 Å². The standard InChI is InChI=1S/C32H28ClF2N3O5/c33-23-10-8-22(26(35)16-23)18-43-31-5-1-4-27(38-31)20-7-6-19(25(34)13-20)15-30(39)37-28-11-9-21(32(40)41)14-29(28)36-17-24-3-2-12-42-24/h1,4-11,13-14,16,24,36H,2-3,12,15,17-18H2,(H,37,39)(H,40,41)/t24-/m0/s1.